The summed E-state index contributed by atoms with van der Waals surface area (Å²) in [4.78, 5) is 14.9. The van der Waals surface area contributed by atoms with Gasteiger partial charge in [0.25, 0.3) is 5.91 Å². The number of amides is 1. The molecule has 2 aromatic carbocycles. The van der Waals surface area contributed by atoms with Gasteiger partial charge in [0.15, 0.2) is 15.8 Å². The number of nitrogens with zero attached hydrogens (tertiary/aromatic N) is 1. The Morgan fingerprint density at radius 3 is 2.73 bits per heavy atom. The van der Waals surface area contributed by atoms with Crippen molar-refractivity contribution < 1.29 is 18.7 Å². The van der Waals surface area contributed by atoms with Gasteiger partial charge in [0.1, 0.15) is 11.5 Å². The average molecular weight is 476 g/mol. The molecule has 0 N–H and O–H groups in total. The summed E-state index contributed by atoms with van der Waals surface area (Å²) in [6.07, 6.45) is 1.66. The lowest BCUT2D eigenvalue weighted by Gasteiger charge is -2.14. The summed E-state index contributed by atoms with van der Waals surface area (Å²) in [5.41, 5.74) is 1.30. The van der Waals surface area contributed by atoms with E-state index < -0.39 is 0 Å². The summed E-state index contributed by atoms with van der Waals surface area (Å²) < 4.78 is 17.0. The Morgan fingerprint density at radius 1 is 1.03 bits per heavy atom. The van der Waals surface area contributed by atoms with E-state index in [2.05, 4.69) is 0 Å². The van der Waals surface area contributed by atoms with E-state index in [0.717, 1.165) is 0 Å². The molecule has 3 heterocycles. The fourth-order valence-corrected chi connectivity index (χ4v) is 4.77. The van der Waals surface area contributed by atoms with Crippen LogP contribution in [0.2, 0.25) is 10.0 Å². The van der Waals surface area contributed by atoms with E-state index in [9.17, 15) is 4.79 Å². The molecule has 1 fully saturated rings. The molecule has 5 nitrogen and oxygen atoms in total. The number of fused-ring (bicyclic) bond motifs is 1. The maximum Gasteiger partial charge on any atom is 0.270 e. The van der Waals surface area contributed by atoms with E-state index in [0.29, 0.717) is 53.5 Å². The second kappa shape index (κ2) is 7.67. The van der Waals surface area contributed by atoms with Crippen molar-refractivity contribution in [2.24, 2.45) is 0 Å². The molecule has 9 heteroatoms. The molecule has 150 valence electrons. The van der Waals surface area contributed by atoms with Crippen molar-refractivity contribution in [3.05, 3.63) is 69.2 Å². The summed E-state index contributed by atoms with van der Waals surface area (Å²) >= 11 is 18.9. The largest absolute Gasteiger partial charge is 0.457 e. The molecule has 0 radical (unpaired) electrons. The van der Waals surface area contributed by atoms with Crippen molar-refractivity contribution in [2.75, 3.05) is 11.7 Å². The molecule has 3 aromatic rings. The minimum Gasteiger partial charge on any atom is -0.457 e. The van der Waals surface area contributed by atoms with Crippen molar-refractivity contribution in [1.82, 2.24) is 0 Å². The molecule has 1 aromatic heterocycles. The number of thioether (sulfide) groups is 1. The number of thiocarbonyl (C=S) groups is 1. The standard InChI is InChI=1S/C21H11Cl2NO4S2/c22-11-1-4-15(23)14(7-11)16-6-3-13(28-16)9-19-20(25)24(21(29)30-19)12-2-5-17-18(8-12)27-10-26-17/h1-9H,10H2/b19-9+. The van der Waals surface area contributed by atoms with Crippen LogP contribution in [0.4, 0.5) is 5.69 Å². The molecule has 1 amide bonds. The smallest absolute Gasteiger partial charge is 0.270 e. The van der Waals surface area contributed by atoms with Crippen molar-refractivity contribution >= 4 is 69.2 Å². The van der Waals surface area contributed by atoms with E-state index in [4.69, 9.17) is 49.3 Å². The van der Waals surface area contributed by atoms with Crippen LogP contribution in [0.25, 0.3) is 17.4 Å². The Labute approximate surface area is 191 Å². The van der Waals surface area contributed by atoms with Crippen LogP contribution in [-0.4, -0.2) is 17.0 Å². The van der Waals surface area contributed by atoms with Gasteiger partial charge in [-0.25, -0.2) is 0 Å². The number of halogens is 2. The van der Waals surface area contributed by atoms with E-state index in [-0.39, 0.29) is 12.7 Å². The third-order valence-corrected chi connectivity index (χ3v) is 6.37. The summed E-state index contributed by atoms with van der Waals surface area (Å²) in [7, 11) is 0. The van der Waals surface area contributed by atoms with Crippen molar-refractivity contribution in [3.63, 3.8) is 0 Å². The van der Waals surface area contributed by atoms with Gasteiger partial charge in [0.2, 0.25) is 6.79 Å². The van der Waals surface area contributed by atoms with Gasteiger partial charge in [-0.1, -0.05) is 47.2 Å². The first-order valence-electron chi connectivity index (χ1n) is 8.72. The predicted octanol–water partition coefficient (Wildman–Crippen LogP) is 6.39. The van der Waals surface area contributed by atoms with E-state index in [1.165, 1.54) is 16.7 Å². The third kappa shape index (κ3) is 3.48. The molecule has 5 rings (SSSR count). The van der Waals surface area contributed by atoms with Gasteiger partial charge < -0.3 is 13.9 Å². The van der Waals surface area contributed by atoms with Gasteiger partial charge >= 0.3 is 0 Å². The van der Waals surface area contributed by atoms with Crippen LogP contribution in [0.15, 0.2) is 57.9 Å². The summed E-state index contributed by atoms with van der Waals surface area (Å²) in [6.45, 7) is 0.161. The maximum atomic E-state index is 13.0. The van der Waals surface area contributed by atoms with E-state index in [1.54, 1.807) is 54.6 Å². The summed E-state index contributed by atoms with van der Waals surface area (Å²) in [6, 6.07) is 14.0. The maximum absolute atomic E-state index is 13.0. The lowest BCUT2D eigenvalue weighted by Crippen LogP contribution is -2.27. The zero-order valence-corrected chi connectivity index (χ0v) is 18.2. The highest BCUT2D eigenvalue weighted by Gasteiger charge is 2.34. The number of carbonyl (C=O) groups excluding carboxylic acids is 1. The predicted molar refractivity (Wildman–Crippen MR) is 122 cm³/mol. The van der Waals surface area contributed by atoms with E-state index in [1.807, 2.05) is 0 Å². The second-order valence-electron chi connectivity index (χ2n) is 6.38. The monoisotopic (exact) mass is 475 g/mol. The molecule has 0 aliphatic carbocycles. The Hall–Kier alpha value is -2.45. The quantitative estimate of drug-likeness (QED) is 0.323. The van der Waals surface area contributed by atoms with Gasteiger partial charge in [-0.15, -0.1) is 0 Å². The normalized spacial score (nSPS) is 16.7. The number of benzene rings is 2. The van der Waals surface area contributed by atoms with Crippen molar-refractivity contribution in [2.45, 2.75) is 0 Å². The molecule has 0 unspecified atom stereocenters. The summed E-state index contributed by atoms with van der Waals surface area (Å²) in [5.74, 6) is 2.05. The third-order valence-electron chi connectivity index (χ3n) is 4.50. The lowest BCUT2D eigenvalue weighted by atomic mass is 10.2. The first-order chi connectivity index (χ1) is 14.5. The minimum atomic E-state index is -0.234. The van der Waals surface area contributed by atoms with Crippen molar-refractivity contribution in [3.8, 4) is 22.8 Å². The number of hydrogen-bond acceptors (Lipinski definition) is 6. The molecule has 0 atom stereocenters. The van der Waals surface area contributed by atoms with Gasteiger partial charge in [-0.2, -0.15) is 0 Å². The van der Waals surface area contributed by atoms with Crippen LogP contribution in [-0.2, 0) is 4.79 Å². The van der Waals surface area contributed by atoms with Crippen LogP contribution in [0.3, 0.4) is 0 Å². The molecular weight excluding hydrogens is 465 g/mol. The number of ether oxygens (including phenoxy) is 2. The molecule has 0 saturated carbocycles. The molecular formula is C21H11Cl2NO4S2. The Bertz CT molecular complexity index is 1240. The first kappa shape index (κ1) is 19.5. The number of rotatable bonds is 3. The highest BCUT2D eigenvalue weighted by molar-refractivity contribution is 8.27. The van der Waals surface area contributed by atoms with Crippen LogP contribution >= 0.6 is 47.2 Å². The molecule has 2 aliphatic heterocycles. The first-order valence-corrected chi connectivity index (χ1v) is 10.7. The minimum absolute atomic E-state index is 0.161. The SMILES string of the molecule is O=C1/C(=C\c2ccc(-c3cc(Cl)ccc3Cl)o2)SC(=S)N1c1ccc2c(c1)OCO2. The Kier molecular flexibility index (Phi) is 4.99. The molecule has 30 heavy (non-hydrogen) atoms. The van der Waals surface area contributed by atoms with Crippen LogP contribution in [0.1, 0.15) is 5.76 Å². The van der Waals surface area contributed by atoms with Gasteiger partial charge in [0, 0.05) is 22.7 Å². The second-order valence-corrected chi connectivity index (χ2v) is 8.90. The van der Waals surface area contributed by atoms with Gasteiger partial charge in [-0.3, -0.25) is 9.69 Å². The Balaban J connectivity index is 1.43. The summed E-state index contributed by atoms with van der Waals surface area (Å²) in [5, 5.41) is 1.08. The highest BCUT2D eigenvalue weighted by atomic mass is 35.5. The molecule has 0 spiro atoms. The Morgan fingerprint density at radius 2 is 1.87 bits per heavy atom. The zero-order chi connectivity index (χ0) is 20.8. The number of furan rings is 1. The molecule has 2 aliphatic rings. The number of carbonyl (C=O) groups is 1. The van der Waals surface area contributed by atoms with Gasteiger partial charge in [-0.05, 0) is 42.5 Å². The molecule has 0 bridgehead atoms. The van der Waals surface area contributed by atoms with Crippen molar-refractivity contribution in [1.29, 1.82) is 0 Å². The highest BCUT2D eigenvalue weighted by Crippen LogP contribution is 2.41. The van der Waals surface area contributed by atoms with Crippen LogP contribution in [0, 0.1) is 0 Å². The fourth-order valence-electron chi connectivity index (χ4n) is 3.11. The average Bonchev–Trinajstić information content (AvgIpc) is 3.43. The van der Waals surface area contributed by atoms with Crippen LogP contribution in [0.5, 0.6) is 11.5 Å². The molecule has 1 saturated heterocycles. The number of anilines is 1. The van der Waals surface area contributed by atoms with Crippen LogP contribution < -0.4 is 14.4 Å². The fraction of sp³-hybridized carbons (Fsp3) is 0.0476. The van der Waals surface area contributed by atoms with Gasteiger partial charge in [0.05, 0.1) is 15.6 Å². The lowest BCUT2D eigenvalue weighted by molar-refractivity contribution is -0.113. The topological polar surface area (TPSA) is 51.9 Å². The van der Waals surface area contributed by atoms with E-state index >= 15 is 0 Å². The number of hydrogen-bond donors (Lipinski definition) is 0. The zero-order valence-electron chi connectivity index (χ0n) is 15.1.